The summed E-state index contributed by atoms with van der Waals surface area (Å²) in [6.45, 7) is 0. The molecule has 4 aromatic rings. The van der Waals surface area contributed by atoms with Crippen LogP contribution >= 0.6 is 0 Å². The van der Waals surface area contributed by atoms with Crippen LogP contribution in [0.1, 0.15) is 47.4 Å². The molecule has 2 N–H and O–H groups in total. The van der Waals surface area contributed by atoms with Crippen molar-refractivity contribution < 1.29 is 9.18 Å². The van der Waals surface area contributed by atoms with Crippen LogP contribution in [0, 0.1) is 5.82 Å². The van der Waals surface area contributed by atoms with Gasteiger partial charge in [-0.05, 0) is 49.6 Å². The van der Waals surface area contributed by atoms with Crippen molar-refractivity contribution in [2.45, 2.75) is 31.2 Å². The Balaban J connectivity index is 1.63. The number of nitrogens with two attached hydrogens (primary N) is 1. The number of hydrogen-bond donors (Lipinski definition) is 1. The monoisotopic (exact) mass is 399 g/mol. The average Bonchev–Trinajstić information content (AvgIpc) is 3.46. The standard InChI is InChI=1S/C23H18FN5O/c24-14-3-6-19(27-11-14)20-21(29-15-4-1-13(9-15)23(29)28-20)12-2-5-18-17(10-12)16(22(25)30)7-8-26-18/h2-3,5-8,10-11,13,15H,1,4,9H2,(H2,25,30). The van der Waals surface area contributed by atoms with Gasteiger partial charge in [-0.15, -0.1) is 0 Å². The fourth-order valence-electron chi connectivity index (χ4n) is 5.01. The number of fused-ring (bicyclic) bond motifs is 6. The Bertz CT molecular complexity index is 1330. The predicted octanol–water partition coefficient (Wildman–Crippen LogP) is 4.22. The van der Waals surface area contributed by atoms with Crippen LogP contribution in [0.4, 0.5) is 4.39 Å². The van der Waals surface area contributed by atoms with Crippen LogP contribution in [-0.4, -0.2) is 25.4 Å². The molecule has 2 atom stereocenters. The van der Waals surface area contributed by atoms with Gasteiger partial charge in [-0.25, -0.2) is 9.37 Å². The lowest BCUT2D eigenvalue weighted by atomic mass is 10.0. The fraction of sp³-hybridized carbons (Fsp3) is 0.217. The predicted molar refractivity (Wildman–Crippen MR) is 110 cm³/mol. The van der Waals surface area contributed by atoms with E-state index in [1.54, 1.807) is 18.3 Å². The third-order valence-electron chi connectivity index (χ3n) is 6.32. The highest BCUT2D eigenvalue weighted by Crippen LogP contribution is 2.52. The van der Waals surface area contributed by atoms with Crippen LogP contribution in [0.5, 0.6) is 0 Å². The quantitative estimate of drug-likeness (QED) is 0.559. The first-order chi connectivity index (χ1) is 14.6. The summed E-state index contributed by atoms with van der Waals surface area (Å²) in [6.07, 6.45) is 6.18. The van der Waals surface area contributed by atoms with E-state index < -0.39 is 5.91 Å². The first-order valence-electron chi connectivity index (χ1n) is 10.0. The lowest BCUT2D eigenvalue weighted by molar-refractivity contribution is 0.100. The molecule has 148 valence electrons. The van der Waals surface area contributed by atoms with Crippen molar-refractivity contribution >= 4 is 16.8 Å². The number of primary amides is 1. The number of amides is 1. The Morgan fingerprint density at radius 1 is 1.13 bits per heavy atom. The van der Waals surface area contributed by atoms with Crippen molar-refractivity contribution in [3.63, 3.8) is 0 Å². The van der Waals surface area contributed by atoms with E-state index in [0.717, 1.165) is 42.0 Å². The van der Waals surface area contributed by atoms with Crippen LogP contribution in [0.25, 0.3) is 33.5 Å². The van der Waals surface area contributed by atoms with E-state index in [1.807, 2.05) is 18.2 Å². The summed E-state index contributed by atoms with van der Waals surface area (Å²) in [5, 5.41) is 0.708. The van der Waals surface area contributed by atoms with Crippen molar-refractivity contribution in [3.8, 4) is 22.6 Å². The zero-order valence-corrected chi connectivity index (χ0v) is 16.0. The van der Waals surface area contributed by atoms with E-state index >= 15 is 0 Å². The maximum atomic E-state index is 13.5. The summed E-state index contributed by atoms with van der Waals surface area (Å²) >= 11 is 0. The zero-order chi connectivity index (χ0) is 20.4. The van der Waals surface area contributed by atoms with Crippen LogP contribution in [0.3, 0.4) is 0 Å². The summed E-state index contributed by atoms with van der Waals surface area (Å²) < 4.78 is 15.8. The van der Waals surface area contributed by atoms with Gasteiger partial charge in [-0.2, -0.15) is 0 Å². The number of aromatic nitrogens is 4. The molecule has 7 heteroatoms. The van der Waals surface area contributed by atoms with E-state index in [0.29, 0.717) is 34.1 Å². The largest absolute Gasteiger partial charge is 0.366 e. The van der Waals surface area contributed by atoms with Crippen molar-refractivity contribution in [1.82, 2.24) is 19.5 Å². The highest BCUT2D eigenvalue weighted by Gasteiger charge is 2.41. The van der Waals surface area contributed by atoms with E-state index in [-0.39, 0.29) is 5.82 Å². The Labute approximate surface area is 171 Å². The maximum Gasteiger partial charge on any atom is 0.249 e. The second-order valence-electron chi connectivity index (χ2n) is 8.02. The zero-order valence-electron chi connectivity index (χ0n) is 16.0. The number of hydrogen-bond acceptors (Lipinski definition) is 4. The smallest absolute Gasteiger partial charge is 0.249 e. The number of carbonyl (C=O) groups excluding carboxylic acids is 1. The molecule has 4 heterocycles. The molecule has 0 spiro atoms. The van der Waals surface area contributed by atoms with Gasteiger partial charge in [0.1, 0.15) is 17.3 Å². The summed E-state index contributed by atoms with van der Waals surface area (Å²) in [5.41, 5.74) is 9.99. The maximum absolute atomic E-state index is 13.5. The van der Waals surface area contributed by atoms with Crippen molar-refractivity contribution in [2.24, 2.45) is 5.73 Å². The van der Waals surface area contributed by atoms with Gasteiger partial charge in [0.2, 0.25) is 5.91 Å². The van der Waals surface area contributed by atoms with Crippen LogP contribution in [-0.2, 0) is 0 Å². The minimum Gasteiger partial charge on any atom is -0.366 e. The third kappa shape index (κ3) is 2.41. The molecule has 1 amide bonds. The number of pyridine rings is 2. The van der Waals surface area contributed by atoms with Gasteiger partial charge < -0.3 is 10.3 Å². The molecule has 1 fully saturated rings. The number of carbonyl (C=O) groups is 1. The van der Waals surface area contributed by atoms with Crippen molar-refractivity contribution in [2.75, 3.05) is 0 Å². The number of rotatable bonds is 3. The van der Waals surface area contributed by atoms with Gasteiger partial charge >= 0.3 is 0 Å². The second kappa shape index (κ2) is 6.19. The Hall–Kier alpha value is -3.61. The van der Waals surface area contributed by atoms with Crippen LogP contribution in [0.15, 0.2) is 48.8 Å². The van der Waals surface area contributed by atoms with Crippen LogP contribution < -0.4 is 5.73 Å². The molecule has 1 aromatic carbocycles. The summed E-state index contributed by atoms with van der Waals surface area (Å²) in [7, 11) is 0. The van der Waals surface area contributed by atoms with Gasteiger partial charge in [-0.3, -0.25) is 14.8 Å². The number of imidazole rings is 1. The van der Waals surface area contributed by atoms with Crippen molar-refractivity contribution in [1.29, 1.82) is 0 Å². The number of nitrogens with zero attached hydrogens (tertiary/aromatic N) is 4. The van der Waals surface area contributed by atoms with Gasteiger partial charge in [0.05, 0.1) is 28.7 Å². The first-order valence-corrected chi connectivity index (χ1v) is 10.0. The SMILES string of the molecule is NC(=O)c1ccnc2ccc(-c3c(-c4ccc(F)cn4)nc4n3C3CCC4C3)cc12. The number of benzene rings is 1. The molecule has 0 saturated heterocycles. The second-order valence-corrected chi connectivity index (χ2v) is 8.02. The molecule has 2 aliphatic rings. The molecule has 6 rings (SSSR count). The third-order valence-corrected chi connectivity index (χ3v) is 6.32. The highest BCUT2D eigenvalue weighted by molar-refractivity contribution is 6.06. The lowest BCUT2D eigenvalue weighted by Crippen LogP contribution is -2.12. The number of halogens is 1. The fourth-order valence-corrected chi connectivity index (χ4v) is 5.01. The Morgan fingerprint density at radius 3 is 2.83 bits per heavy atom. The van der Waals surface area contributed by atoms with E-state index in [1.165, 1.54) is 12.3 Å². The molecule has 1 aliphatic heterocycles. The molecule has 1 aliphatic carbocycles. The Morgan fingerprint density at radius 2 is 2.03 bits per heavy atom. The molecule has 3 aromatic heterocycles. The van der Waals surface area contributed by atoms with Gasteiger partial charge in [0.15, 0.2) is 0 Å². The average molecular weight is 399 g/mol. The summed E-state index contributed by atoms with van der Waals surface area (Å²) in [6, 6.07) is 10.9. The van der Waals surface area contributed by atoms with Crippen molar-refractivity contribution in [3.05, 3.63) is 66.0 Å². The first kappa shape index (κ1) is 17.3. The van der Waals surface area contributed by atoms with E-state index in [2.05, 4.69) is 14.5 Å². The van der Waals surface area contributed by atoms with Gasteiger partial charge in [-0.1, -0.05) is 6.07 Å². The normalized spacial score (nSPS) is 19.4. The van der Waals surface area contributed by atoms with Crippen LogP contribution in [0.2, 0.25) is 0 Å². The topological polar surface area (TPSA) is 86.7 Å². The van der Waals surface area contributed by atoms with E-state index in [9.17, 15) is 9.18 Å². The molecular weight excluding hydrogens is 381 g/mol. The minimum absolute atomic E-state index is 0.380. The molecule has 2 unspecified atom stereocenters. The molecule has 1 saturated carbocycles. The molecule has 6 nitrogen and oxygen atoms in total. The molecule has 30 heavy (non-hydrogen) atoms. The van der Waals surface area contributed by atoms with Gasteiger partial charge in [0, 0.05) is 29.1 Å². The molecule has 0 radical (unpaired) electrons. The summed E-state index contributed by atoms with van der Waals surface area (Å²) in [4.78, 5) is 25.6. The molecule has 2 bridgehead atoms. The van der Waals surface area contributed by atoms with E-state index in [4.69, 9.17) is 10.7 Å². The summed E-state index contributed by atoms with van der Waals surface area (Å²) in [5.74, 6) is 0.655. The van der Waals surface area contributed by atoms with Gasteiger partial charge in [0.25, 0.3) is 0 Å². The highest BCUT2D eigenvalue weighted by atomic mass is 19.1. The molecular formula is C23H18FN5O. The lowest BCUT2D eigenvalue weighted by Gasteiger charge is -2.17. The minimum atomic E-state index is -0.488. The Kier molecular flexibility index (Phi) is 3.56.